The predicted molar refractivity (Wildman–Crippen MR) is 102 cm³/mol. The molecule has 0 aliphatic carbocycles. The monoisotopic (exact) mass is 358 g/mol. The maximum Gasteiger partial charge on any atom is 0.271 e. The number of halogens is 1. The molecule has 0 amide bonds. The van der Waals surface area contributed by atoms with Crippen LogP contribution in [0, 0.1) is 18.7 Å². The van der Waals surface area contributed by atoms with E-state index in [2.05, 4.69) is 29.2 Å². The first-order chi connectivity index (χ1) is 12.4. The molecule has 0 spiro atoms. The van der Waals surface area contributed by atoms with Crippen LogP contribution in [-0.2, 0) is 13.1 Å². The van der Waals surface area contributed by atoms with Crippen molar-refractivity contribution in [2.75, 3.05) is 26.2 Å². The summed E-state index contributed by atoms with van der Waals surface area (Å²) in [7, 11) is 0. The van der Waals surface area contributed by atoms with Gasteiger partial charge in [0.15, 0.2) is 0 Å². The second-order valence-electron chi connectivity index (χ2n) is 7.43. The van der Waals surface area contributed by atoms with E-state index >= 15 is 0 Å². The van der Waals surface area contributed by atoms with Crippen LogP contribution in [0.5, 0.6) is 0 Å². The van der Waals surface area contributed by atoms with E-state index in [0.717, 1.165) is 31.7 Å². The lowest BCUT2D eigenvalue weighted by molar-refractivity contribution is 0.231. The SMILES string of the molecule is Cc1ccc(-c2cc(CN3CCNCC3)c(=O)n(CC(C)C)n2)cc1F. The Labute approximate surface area is 153 Å². The van der Waals surface area contributed by atoms with Crippen molar-refractivity contribution in [1.29, 1.82) is 0 Å². The molecule has 1 aromatic carbocycles. The Morgan fingerprint density at radius 3 is 2.62 bits per heavy atom. The molecular weight excluding hydrogens is 331 g/mol. The standard InChI is InChI=1S/C20H27FN4O/c1-14(2)12-25-20(26)17(13-24-8-6-22-7-9-24)11-19(23-25)16-5-4-15(3)18(21)10-16/h4-5,10-11,14,22H,6-9,12-13H2,1-3H3. The molecule has 6 heteroatoms. The Kier molecular flexibility index (Phi) is 5.84. The van der Waals surface area contributed by atoms with Gasteiger partial charge in [-0.05, 0) is 30.5 Å². The number of aryl methyl sites for hydroxylation is 1. The molecule has 3 rings (SSSR count). The van der Waals surface area contributed by atoms with Crippen molar-refractivity contribution in [1.82, 2.24) is 20.0 Å². The molecule has 0 unspecified atom stereocenters. The van der Waals surface area contributed by atoms with E-state index in [1.807, 2.05) is 12.1 Å². The molecule has 1 aliphatic rings. The molecule has 0 radical (unpaired) electrons. The highest BCUT2D eigenvalue weighted by Gasteiger charge is 2.16. The topological polar surface area (TPSA) is 50.2 Å². The quantitative estimate of drug-likeness (QED) is 0.892. The molecule has 26 heavy (non-hydrogen) atoms. The number of rotatable bonds is 5. The maximum absolute atomic E-state index is 14.0. The average molecular weight is 358 g/mol. The maximum atomic E-state index is 14.0. The lowest BCUT2D eigenvalue weighted by atomic mass is 10.1. The van der Waals surface area contributed by atoms with Gasteiger partial charge in [-0.25, -0.2) is 9.07 Å². The van der Waals surface area contributed by atoms with Crippen LogP contribution in [0.15, 0.2) is 29.1 Å². The summed E-state index contributed by atoms with van der Waals surface area (Å²) in [6.45, 7) is 10.7. The number of nitrogens with zero attached hydrogens (tertiary/aromatic N) is 3. The van der Waals surface area contributed by atoms with Gasteiger partial charge >= 0.3 is 0 Å². The van der Waals surface area contributed by atoms with Crippen LogP contribution >= 0.6 is 0 Å². The summed E-state index contributed by atoms with van der Waals surface area (Å²) in [6.07, 6.45) is 0. The minimum Gasteiger partial charge on any atom is -0.314 e. The van der Waals surface area contributed by atoms with Crippen LogP contribution < -0.4 is 10.9 Å². The van der Waals surface area contributed by atoms with Gasteiger partial charge in [0, 0.05) is 50.4 Å². The van der Waals surface area contributed by atoms with Crippen LogP contribution in [0.3, 0.4) is 0 Å². The Hall–Kier alpha value is -2.05. The molecule has 5 nitrogen and oxygen atoms in total. The smallest absolute Gasteiger partial charge is 0.271 e. The van der Waals surface area contributed by atoms with Gasteiger partial charge in [-0.3, -0.25) is 9.69 Å². The Morgan fingerprint density at radius 1 is 1.23 bits per heavy atom. The summed E-state index contributed by atoms with van der Waals surface area (Å²) in [5.41, 5.74) is 2.62. The van der Waals surface area contributed by atoms with E-state index in [0.29, 0.717) is 35.8 Å². The third-order valence-electron chi connectivity index (χ3n) is 4.66. The summed E-state index contributed by atoms with van der Waals surface area (Å²) >= 11 is 0. The van der Waals surface area contributed by atoms with Gasteiger partial charge in [0.2, 0.25) is 0 Å². The highest BCUT2D eigenvalue weighted by atomic mass is 19.1. The third kappa shape index (κ3) is 4.37. The van der Waals surface area contributed by atoms with Crippen LogP contribution in [0.2, 0.25) is 0 Å². The third-order valence-corrected chi connectivity index (χ3v) is 4.66. The molecular formula is C20H27FN4O. The normalized spacial score (nSPS) is 15.6. The van der Waals surface area contributed by atoms with Crippen LogP contribution in [-0.4, -0.2) is 40.9 Å². The van der Waals surface area contributed by atoms with Crippen LogP contribution in [0.1, 0.15) is 25.0 Å². The molecule has 1 saturated heterocycles. The number of benzene rings is 1. The summed E-state index contributed by atoms with van der Waals surface area (Å²) in [4.78, 5) is 15.1. The van der Waals surface area contributed by atoms with Gasteiger partial charge in [-0.2, -0.15) is 5.10 Å². The molecule has 0 atom stereocenters. The van der Waals surface area contributed by atoms with Crippen molar-refractivity contribution < 1.29 is 4.39 Å². The zero-order chi connectivity index (χ0) is 18.7. The largest absolute Gasteiger partial charge is 0.314 e. The van der Waals surface area contributed by atoms with Crippen molar-refractivity contribution in [2.24, 2.45) is 5.92 Å². The van der Waals surface area contributed by atoms with Crippen molar-refractivity contribution in [3.05, 3.63) is 51.6 Å². The number of aromatic nitrogens is 2. The first kappa shape index (κ1) is 18.7. The van der Waals surface area contributed by atoms with E-state index in [9.17, 15) is 9.18 Å². The van der Waals surface area contributed by atoms with Gasteiger partial charge in [-0.1, -0.05) is 26.0 Å². The number of hydrogen-bond donors (Lipinski definition) is 1. The number of hydrogen-bond acceptors (Lipinski definition) is 4. The van der Waals surface area contributed by atoms with Crippen LogP contribution in [0.25, 0.3) is 11.3 Å². The van der Waals surface area contributed by atoms with Crippen molar-refractivity contribution >= 4 is 0 Å². The molecule has 1 N–H and O–H groups in total. The molecule has 140 valence electrons. The Bertz CT molecular complexity index is 825. The van der Waals surface area contributed by atoms with E-state index in [4.69, 9.17) is 0 Å². The van der Waals surface area contributed by atoms with Crippen molar-refractivity contribution in [3.8, 4) is 11.3 Å². The van der Waals surface area contributed by atoms with E-state index in [-0.39, 0.29) is 11.4 Å². The highest BCUT2D eigenvalue weighted by Crippen LogP contribution is 2.20. The molecule has 1 fully saturated rings. The van der Waals surface area contributed by atoms with E-state index in [1.54, 1.807) is 13.0 Å². The minimum atomic E-state index is -0.255. The molecule has 0 bridgehead atoms. The molecule has 2 heterocycles. The first-order valence-corrected chi connectivity index (χ1v) is 9.24. The fourth-order valence-corrected chi connectivity index (χ4v) is 3.18. The van der Waals surface area contributed by atoms with Crippen molar-refractivity contribution in [3.63, 3.8) is 0 Å². The molecule has 1 aliphatic heterocycles. The zero-order valence-corrected chi connectivity index (χ0v) is 15.8. The molecule has 0 saturated carbocycles. The highest BCUT2D eigenvalue weighted by molar-refractivity contribution is 5.59. The Morgan fingerprint density at radius 2 is 1.96 bits per heavy atom. The second kappa shape index (κ2) is 8.10. The first-order valence-electron chi connectivity index (χ1n) is 9.24. The fourth-order valence-electron chi connectivity index (χ4n) is 3.18. The van der Waals surface area contributed by atoms with Gasteiger partial charge in [0.05, 0.1) is 5.69 Å². The lowest BCUT2D eigenvalue weighted by Crippen LogP contribution is -2.44. The number of piperazine rings is 1. The molecule has 1 aromatic heterocycles. The molecule has 2 aromatic rings. The van der Waals surface area contributed by atoms with E-state index in [1.165, 1.54) is 10.7 Å². The summed E-state index contributed by atoms with van der Waals surface area (Å²) in [5.74, 6) is 0.0480. The van der Waals surface area contributed by atoms with Gasteiger partial charge in [0.25, 0.3) is 5.56 Å². The van der Waals surface area contributed by atoms with Gasteiger partial charge < -0.3 is 5.32 Å². The minimum absolute atomic E-state index is 0.0476. The van der Waals surface area contributed by atoms with Crippen LogP contribution in [0.4, 0.5) is 4.39 Å². The summed E-state index contributed by atoms with van der Waals surface area (Å²) in [5, 5.41) is 7.84. The predicted octanol–water partition coefficient (Wildman–Crippen LogP) is 2.42. The van der Waals surface area contributed by atoms with Gasteiger partial charge in [0.1, 0.15) is 5.82 Å². The summed E-state index contributed by atoms with van der Waals surface area (Å²) in [6, 6.07) is 6.93. The summed E-state index contributed by atoms with van der Waals surface area (Å²) < 4.78 is 15.6. The van der Waals surface area contributed by atoms with E-state index < -0.39 is 0 Å². The second-order valence-corrected chi connectivity index (χ2v) is 7.43. The zero-order valence-electron chi connectivity index (χ0n) is 15.8. The number of nitrogens with one attached hydrogen (secondary N) is 1. The lowest BCUT2D eigenvalue weighted by Gasteiger charge is -2.27. The van der Waals surface area contributed by atoms with Crippen molar-refractivity contribution in [2.45, 2.75) is 33.9 Å². The fraction of sp³-hybridized carbons (Fsp3) is 0.500. The Balaban J connectivity index is 2.01. The average Bonchev–Trinajstić information content (AvgIpc) is 2.61. The van der Waals surface area contributed by atoms with Gasteiger partial charge in [-0.15, -0.1) is 0 Å².